The molecule has 0 aliphatic carbocycles. The molecule has 2 aromatic rings. The molecule has 0 atom stereocenters. The maximum Gasteiger partial charge on any atom is 0.163 e. The first-order valence-electron chi connectivity index (χ1n) is 5.23. The molecule has 0 bridgehead atoms. The van der Waals surface area contributed by atoms with Crippen molar-refractivity contribution in [1.29, 1.82) is 5.26 Å². The van der Waals surface area contributed by atoms with Crippen LogP contribution in [0.5, 0.6) is 11.5 Å². The van der Waals surface area contributed by atoms with Crippen molar-refractivity contribution in [1.82, 2.24) is 9.97 Å². The summed E-state index contributed by atoms with van der Waals surface area (Å²) in [4.78, 5) is 8.27. The van der Waals surface area contributed by atoms with Gasteiger partial charge in [-0.2, -0.15) is 5.26 Å². The van der Waals surface area contributed by atoms with Gasteiger partial charge in [-0.3, -0.25) is 0 Å². The van der Waals surface area contributed by atoms with Crippen LogP contribution in [0.25, 0.3) is 11.4 Å². The molecule has 1 aromatic carbocycles. The Hall–Kier alpha value is -2.61. The molecule has 0 fully saturated rings. The summed E-state index contributed by atoms with van der Waals surface area (Å²) in [5, 5.41) is 8.71. The molecule has 0 aliphatic heterocycles. The van der Waals surface area contributed by atoms with Gasteiger partial charge in [0.05, 0.1) is 25.3 Å². The second-order valence-electron chi connectivity index (χ2n) is 3.47. The molecule has 0 spiro atoms. The van der Waals surface area contributed by atoms with Gasteiger partial charge in [-0.15, -0.1) is 0 Å². The van der Waals surface area contributed by atoms with Gasteiger partial charge in [0.15, 0.2) is 5.82 Å². The van der Waals surface area contributed by atoms with E-state index in [2.05, 4.69) is 9.97 Å². The van der Waals surface area contributed by atoms with Crippen LogP contribution in [0.4, 0.5) is 0 Å². The lowest BCUT2D eigenvalue weighted by Gasteiger charge is -2.09. The molecule has 1 aromatic heterocycles. The van der Waals surface area contributed by atoms with Crippen molar-refractivity contribution < 1.29 is 9.47 Å². The van der Waals surface area contributed by atoms with Crippen molar-refractivity contribution in [2.45, 2.75) is 0 Å². The third kappa shape index (κ3) is 2.23. The van der Waals surface area contributed by atoms with Crippen molar-refractivity contribution in [3.8, 4) is 29.0 Å². The fourth-order valence-corrected chi connectivity index (χ4v) is 1.51. The summed E-state index contributed by atoms with van der Waals surface area (Å²) in [5.41, 5.74) is 1.14. The van der Waals surface area contributed by atoms with Gasteiger partial charge in [0.25, 0.3) is 0 Å². The van der Waals surface area contributed by atoms with Gasteiger partial charge in [-0.1, -0.05) is 0 Å². The van der Waals surface area contributed by atoms with Crippen LogP contribution in [-0.4, -0.2) is 24.2 Å². The number of nitriles is 1. The van der Waals surface area contributed by atoms with Crippen molar-refractivity contribution >= 4 is 0 Å². The number of aromatic nitrogens is 2. The summed E-state index contributed by atoms with van der Waals surface area (Å²) in [6.07, 6.45) is 2.95. The molecule has 0 radical (unpaired) electrons. The number of nitrogens with zero attached hydrogens (tertiary/aromatic N) is 3. The van der Waals surface area contributed by atoms with Gasteiger partial charge < -0.3 is 9.47 Å². The van der Waals surface area contributed by atoms with Crippen molar-refractivity contribution in [3.05, 3.63) is 36.2 Å². The quantitative estimate of drug-likeness (QED) is 0.822. The lowest BCUT2D eigenvalue weighted by Crippen LogP contribution is -1.94. The summed E-state index contributed by atoms with van der Waals surface area (Å²) >= 11 is 0. The minimum Gasteiger partial charge on any atom is -0.497 e. The highest BCUT2D eigenvalue weighted by Crippen LogP contribution is 2.30. The normalized spacial score (nSPS) is 9.61. The Kier molecular flexibility index (Phi) is 3.39. The molecular weight excluding hydrogens is 230 g/mol. The second kappa shape index (κ2) is 5.15. The summed E-state index contributed by atoms with van der Waals surface area (Å²) in [7, 11) is 3.17. The molecule has 2 rings (SSSR count). The maximum atomic E-state index is 8.71. The molecule has 0 saturated carbocycles. The first kappa shape index (κ1) is 11.9. The van der Waals surface area contributed by atoms with E-state index in [-0.39, 0.29) is 0 Å². The summed E-state index contributed by atoms with van der Waals surface area (Å²) in [6, 6.07) is 7.35. The van der Waals surface area contributed by atoms with E-state index in [9.17, 15) is 0 Å². The van der Waals surface area contributed by atoms with E-state index in [0.29, 0.717) is 22.9 Å². The Balaban J connectivity index is 2.50. The predicted molar refractivity (Wildman–Crippen MR) is 65.3 cm³/mol. The molecule has 18 heavy (non-hydrogen) atoms. The SMILES string of the molecule is COc1ccc(OC)c(-c2ncc(C#N)cn2)c1. The Bertz CT molecular complexity index is 588. The van der Waals surface area contributed by atoms with Crippen LogP contribution in [0.3, 0.4) is 0 Å². The van der Waals surface area contributed by atoms with Crippen LogP contribution >= 0.6 is 0 Å². The average molecular weight is 241 g/mol. The van der Waals surface area contributed by atoms with E-state index in [1.165, 1.54) is 12.4 Å². The van der Waals surface area contributed by atoms with Crippen LogP contribution in [0.2, 0.25) is 0 Å². The Morgan fingerprint density at radius 3 is 2.39 bits per heavy atom. The van der Waals surface area contributed by atoms with Gasteiger partial charge in [0.1, 0.15) is 17.6 Å². The first-order valence-corrected chi connectivity index (χ1v) is 5.23. The molecule has 0 amide bonds. The van der Waals surface area contributed by atoms with E-state index in [1.54, 1.807) is 32.4 Å². The summed E-state index contributed by atoms with van der Waals surface area (Å²) < 4.78 is 10.4. The summed E-state index contributed by atoms with van der Waals surface area (Å²) in [5.74, 6) is 1.84. The number of hydrogen-bond donors (Lipinski definition) is 0. The molecule has 90 valence electrons. The third-order valence-electron chi connectivity index (χ3n) is 2.43. The molecule has 5 nitrogen and oxygen atoms in total. The first-order chi connectivity index (χ1) is 8.78. The number of ether oxygens (including phenoxy) is 2. The zero-order chi connectivity index (χ0) is 13.0. The number of hydrogen-bond acceptors (Lipinski definition) is 5. The Labute approximate surface area is 105 Å². The minimum atomic E-state index is 0.417. The number of rotatable bonds is 3. The van der Waals surface area contributed by atoms with Crippen LogP contribution in [0.1, 0.15) is 5.56 Å². The van der Waals surface area contributed by atoms with Crippen molar-refractivity contribution in [2.75, 3.05) is 14.2 Å². The molecular formula is C13H11N3O2. The zero-order valence-corrected chi connectivity index (χ0v) is 10.0. The minimum absolute atomic E-state index is 0.417. The monoisotopic (exact) mass is 241 g/mol. The molecule has 1 heterocycles. The van der Waals surface area contributed by atoms with Gasteiger partial charge >= 0.3 is 0 Å². The second-order valence-corrected chi connectivity index (χ2v) is 3.47. The van der Waals surface area contributed by atoms with Crippen LogP contribution in [0.15, 0.2) is 30.6 Å². The van der Waals surface area contributed by atoms with Crippen LogP contribution in [-0.2, 0) is 0 Å². The molecule has 0 N–H and O–H groups in total. The van der Waals surface area contributed by atoms with E-state index in [1.807, 2.05) is 6.07 Å². The maximum absolute atomic E-state index is 8.71. The van der Waals surface area contributed by atoms with Gasteiger partial charge in [-0.05, 0) is 18.2 Å². The molecule has 5 heteroatoms. The largest absolute Gasteiger partial charge is 0.497 e. The van der Waals surface area contributed by atoms with Crippen molar-refractivity contribution in [2.24, 2.45) is 0 Å². The topological polar surface area (TPSA) is 68.0 Å². The van der Waals surface area contributed by atoms with Gasteiger partial charge in [0, 0.05) is 12.4 Å². The van der Waals surface area contributed by atoms with Crippen LogP contribution < -0.4 is 9.47 Å². The smallest absolute Gasteiger partial charge is 0.163 e. The van der Waals surface area contributed by atoms with Gasteiger partial charge in [0.2, 0.25) is 0 Å². The third-order valence-corrected chi connectivity index (χ3v) is 2.43. The predicted octanol–water partition coefficient (Wildman–Crippen LogP) is 2.03. The van der Waals surface area contributed by atoms with Gasteiger partial charge in [-0.25, -0.2) is 9.97 Å². The highest BCUT2D eigenvalue weighted by atomic mass is 16.5. The fourth-order valence-electron chi connectivity index (χ4n) is 1.51. The summed E-state index contributed by atoms with van der Waals surface area (Å²) in [6.45, 7) is 0. The highest BCUT2D eigenvalue weighted by molar-refractivity contribution is 5.66. The number of methoxy groups -OCH3 is 2. The van der Waals surface area contributed by atoms with E-state index in [4.69, 9.17) is 14.7 Å². The lowest BCUT2D eigenvalue weighted by molar-refractivity contribution is 0.404. The number of benzene rings is 1. The zero-order valence-electron chi connectivity index (χ0n) is 10.0. The van der Waals surface area contributed by atoms with Crippen molar-refractivity contribution in [3.63, 3.8) is 0 Å². The van der Waals surface area contributed by atoms with E-state index >= 15 is 0 Å². The molecule has 0 aliphatic rings. The Morgan fingerprint density at radius 1 is 1.11 bits per heavy atom. The fraction of sp³-hybridized carbons (Fsp3) is 0.154. The average Bonchev–Trinajstić information content (AvgIpc) is 2.46. The Morgan fingerprint density at radius 2 is 1.83 bits per heavy atom. The van der Waals surface area contributed by atoms with Crippen LogP contribution in [0, 0.1) is 11.3 Å². The molecule has 0 saturated heterocycles. The van der Waals surface area contributed by atoms with E-state index in [0.717, 1.165) is 5.56 Å². The highest BCUT2D eigenvalue weighted by Gasteiger charge is 2.10. The van der Waals surface area contributed by atoms with E-state index < -0.39 is 0 Å². The lowest BCUT2D eigenvalue weighted by atomic mass is 10.1. The molecule has 0 unspecified atom stereocenters. The standard InChI is InChI=1S/C13H11N3O2/c1-17-10-3-4-12(18-2)11(5-10)13-15-7-9(6-14)8-16-13/h3-5,7-8H,1-2H3.